The van der Waals surface area contributed by atoms with E-state index in [1.807, 2.05) is 27.7 Å². The first kappa shape index (κ1) is 13.5. The average molecular weight is 229 g/mol. The predicted octanol–water partition coefficient (Wildman–Crippen LogP) is 1.03. The zero-order chi connectivity index (χ0) is 12.3. The molecule has 2 unspecified atom stereocenters. The summed E-state index contributed by atoms with van der Waals surface area (Å²) in [6.07, 6.45) is 0.468. The molecule has 4 heteroatoms. The van der Waals surface area contributed by atoms with Crippen LogP contribution in [0.5, 0.6) is 0 Å². The van der Waals surface area contributed by atoms with Crippen molar-refractivity contribution < 1.29 is 14.6 Å². The molecule has 94 valence electrons. The van der Waals surface area contributed by atoms with Crippen LogP contribution in [-0.2, 0) is 9.53 Å². The van der Waals surface area contributed by atoms with Crippen molar-refractivity contribution in [2.24, 2.45) is 5.92 Å². The molecule has 0 radical (unpaired) electrons. The minimum absolute atomic E-state index is 0.0270. The van der Waals surface area contributed by atoms with Gasteiger partial charge in [-0.15, -0.1) is 0 Å². The van der Waals surface area contributed by atoms with Crippen LogP contribution in [0.25, 0.3) is 0 Å². The highest BCUT2D eigenvalue weighted by molar-refractivity contribution is 5.77. The van der Waals surface area contributed by atoms with Gasteiger partial charge in [0.2, 0.25) is 5.91 Å². The summed E-state index contributed by atoms with van der Waals surface area (Å²) >= 11 is 0. The molecule has 1 aliphatic heterocycles. The third-order valence-corrected chi connectivity index (χ3v) is 2.90. The number of carbonyl (C=O) groups is 1. The lowest BCUT2D eigenvalue weighted by Crippen LogP contribution is -2.47. The fourth-order valence-corrected chi connectivity index (χ4v) is 1.64. The molecule has 0 spiro atoms. The number of ether oxygens (including phenoxy) is 1. The Hall–Kier alpha value is -0.610. The lowest BCUT2D eigenvalue weighted by atomic mass is 9.96. The molecule has 0 aromatic carbocycles. The molecular weight excluding hydrogens is 206 g/mol. The van der Waals surface area contributed by atoms with Gasteiger partial charge in [-0.1, -0.05) is 6.92 Å². The van der Waals surface area contributed by atoms with Crippen LogP contribution >= 0.6 is 0 Å². The van der Waals surface area contributed by atoms with E-state index < -0.39 is 6.10 Å². The van der Waals surface area contributed by atoms with Crippen molar-refractivity contribution in [3.05, 3.63) is 0 Å². The van der Waals surface area contributed by atoms with Crippen LogP contribution in [-0.4, -0.2) is 47.3 Å². The average Bonchev–Trinajstić information content (AvgIpc) is 2.17. The van der Waals surface area contributed by atoms with Crippen molar-refractivity contribution in [2.75, 3.05) is 19.7 Å². The van der Waals surface area contributed by atoms with E-state index in [1.54, 1.807) is 4.90 Å². The number of hydrogen-bond donors (Lipinski definition) is 1. The molecule has 16 heavy (non-hydrogen) atoms. The Balaban J connectivity index is 2.38. The highest BCUT2D eigenvalue weighted by Gasteiger charge is 2.27. The minimum atomic E-state index is -0.396. The maximum absolute atomic E-state index is 11.8. The fourth-order valence-electron chi connectivity index (χ4n) is 1.64. The summed E-state index contributed by atoms with van der Waals surface area (Å²) in [5.74, 6) is 0.258. The number of likely N-dealkylation sites (tertiary alicyclic amines) is 1. The van der Waals surface area contributed by atoms with Crippen LogP contribution < -0.4 is 0 Å². The Morgan fingerprint density at radius 1 is 1.50 bits per heavy atom. The summed E-state index contributed by atoms with van der Waals surface area (Å²) in [6, 6.07) is 0. The van der Waals surface area contributed by atoms with Crippen LogP contribution in [0.4, 0.5) is 0 Å². The van der Waals surface area contributed by atoms with Crippen LogP contribution in [0.2, 0.25) is 0 Å². The lowest BCUT2D eigenvalue weighted by Gasteiger charge is -2.34. The maximum Gasteiger partial charge on any atom is 0.248 e. The van der Waals surface area contributed by atoms with Gasteiger partial charge in [0.25, 0.3) is 0 Å². The number of aliphatic hydroxyl groups is 1. The number of β-amino-alcohol motifs (C(OH)–C–C–N with tert-alkyl or cyclic N) is 1. The van der Waals surface area contributed by atoms with Gasteiger partial charge >= 0.3 is 0 Å². The molecule has 0 bridgehead atoms. The largest absolute Gasteiger partial charge is 0.391 e. The van der Waals surface area contributed by atoms with Crippen molar-refractivity contribution in [3.63, 3.8) is 0 Å². The SMILES string of the molecule is CC1CCN(C(=O)COC(C)(C)C)CC1O. The summed E-state index contributed by atoms with van der Waals surface area (Å²) in [5.41, 5.74) is -0.294. The van der Waals surface area contributed by atoms with Crippen molar-refractivity contribution in [1.29, 1.82) is 0 Å². The smallest absolute Gasteiger partial charge is 0.248 e. The first-order valence-corrected chi connectivity index (χ1v) is 5.89. The van der Waals surface area contributed by atoms with Crippen molar-refractivity contribution in [2.45, 2.75) is 45.8 Å². The van der Waals surface area contributed by atoms with Gasteiger partial charge in [-0.25, -0.2) is 0 Å². The Bertz CT molecular complexity index is 247. The summed E-state index contributed by atoms with van der Waals surface area (Å²) in [7, 11) is 0. The molecule has 4 nitrogen and oxygen atoms in total. The number of nitrogens with zero attached hydrogens (tertiary/aromatic N) is 1. The topological polar surface area (TPSA) is 49.8 Å². The number of hydrogen-bond acceptors (Lipinski definition) is 3. The van der Waals surface area contributed by atoms with Gasteiger partial charge in [-0.3, -0.25) is 4.79 Å². The second-order valence-electron chi connectivity index (χ2n) is 5.57. The standard InChI is InChI=1S/C12H23NO3/c1-9-5-6-13(7-10(9)14)11(15)8-16-12(2,3)4/h9-10,14H,5-8H2,1-4H3. The van der Waals surface area contributed by atoms with E-state index in [2.05, 4.69) is 0 Å². The zero-order valence-corrected chi connectivity index (χ0v) is 10.7. The van der Waals surface area contributed by atoms with Crippen LogP contribution in [0.15, 0.2) is 0 Å². The number of carbonyl (C=O) groups excluding carboxylic acids is 1. The molecule has 1 saturated heterocycles. The molecule has 1 rings (SSSR count). The number of rotatable bonds is 2. The third-order valence-electron chi connectivity index (χ3n) is 2.90. The van der Waals surface area contributed by atoms with Gasteiger partial charge in [0.05, 0.1) is 11.7 Å². The summed E-state index contributed by atoms with van der Waals surface area (Å²) in [5, 5.41) is 9.69. The summed E-state index contributed by atoms with van der Waals surface area (Å²) in [6.45, 7) is 9.05. The number of piperidine rings is 1. The molecule has 1 amide bonds. The Kier molecular flexibility index (Phi) is 4.33. The normalized spacial score (nSPS) is 26.9. The van der Waals surface area contributed by atoms with Gasteiger partial charge in [-0.05, 0) is 33.1 Å². The Morgan fingerprint density at radius 3 is 2.62 bits per heavy atom. The molecule has 0 saturated carbocycles. The Morgan fingerprint density at radius 2 is 2.12 bits per heavy atom. The van der Waals surface area contributed by atoms with E-state index in [0.29, 0.717) is 6.54 Å². The molecule has 0 aliphatic carbocycles. The number of aliphatic hydroxyl groups excluding tert-OH is 1. The maximum atomic E-state index is 11.8. The van der Waals surface area contributed by atoms with E-state index in [9.17, 15) is 9.90 Å². The van der Waals surface area contributed by atoms with E-state index in [4.69, 9.17) is 4.74 Å². The van der Waals surface area contributed by atoms with E-state index in [1.165, 1.54) is 0 Å². The van der Waals surface area contributed by atoms with Crippen LogP contribution in [0.1, 0.15) is 34.1 Å². The lowest BCUT2D eigenvalue weighted by molar-refractivity contribution is -0.145. The first-order valence-electron chi connectivity index (χ1n) is 5.89. The van der Waals surface area contributed by atoms with Crippen molar-refractivity contribution in [1.82, 2.24) is 4.90 Å². The minimum Gasteiger partial charge on any atom is -0.391 e. The molecule has 0 aromatic rings. The van der Waals surface area contributed by atoms with Crippen LogP contribution in [0, 0.1) is 5.92 Å². The van der Waals surface area contributed by atoms with Crippen molar-refractivity contribution in [3.8, 4) is 0 Å². The van der Waals surface area contributed by atoms with E-state index >= 15 is 0 Å². The second-order valence-corrected chi connectivity index (χ2v) is 5.57. The van der Waals surface area contributed by atoms with Gasteiger partial charge in [-0.2, -0.15) is 0 Å². The second kappa shape index (κ2) is 5.15. The molecular formula is C12H23NO3. The highest BCUT2D eigenvalue weighted by atomic mass is 16.5. The fraction of sp³-hybridized carbons (Fsp3) is 0.917. The van der Waals surface area contributed by atoms with E-state index in [-0.39, 0.29) is 24.0 Å². The molecule has 0 aromatic heterocycles. The molecule has 1 aliphatic rings. The van der Waals surface area contributed by atoms with Gasteiger partial charge in [0.15, 0.2) is 0 Å². The molecule has 2 atom stereocenters. The molecule has 1 N–H and O–H groups in total. The molecule has 1 fully saturated rings. The zero-order valence-electron chi connectivity index (χ0n) is 10.7. The predicted molar refractivity (Wildman–Crippen MR) is 62.1 cm³/mol. The summed E-state index contributed by atoms with van der Waals surface area (Å²) in [4.78, 5) is 13.5. The van der Waals surface area contributed by atoms with Crippen LogP contribution in [0.3, 0.4) is 0 Å². The third kappa shape index (κ3) is 4.10. The molecule has 1 heterocycles. The van der Waals surface area contributed by atoms with Gasteiger partial charge in [0.1, 0.15) is 6.61 Å². The van der Waals surface area contributed by atoms with Gasteiger partial charge in [0, 0.05) is 13.1 Å². The van der Waals surface area contributed by atoms with Crippen molar-refractivity contribution >= 4 is 5.91 Å². The van der Waals surface area contributed by atoms with E-state index in [0.717, 1.165) is 13.0 Å². The quantitative estimate of drug-likeness (QED) is 0.769. The number of amides is 1. The van der Waals surface area contributed by atoms with Gasteiger partial charge < -0.3 is 14.7 Å². The highest BCUT2D eigenvalue weighted by Crippen LogP contribution is 2.17. The Labute approximate surface area is 97.6 Å². The summed E-state index contributed by atoms with van der Waals surface area (Å²) < 4.78 is 5.43. The first-order chi connectivity index (χ1) is 7.29. The monoisotopic (exact) mass is 229 g/mol.